The first kappa shape index (κ1) is 16.1. The van der Waals surface area contributed by atoms with Crippen LogP contribution in [0.15, 0.2) is 0 Å². The van der Waals surface area contributed by atoms with Crippen molar-refractivity contribution in [2.75, 3.05) is 0 Å². The van der Waals surface area contributed by atoms with Crippen LogP contribution in [0.1, 0.15) is 0 Å². The van der Waals surface area contributed by atoms with Gasteiger partial charge in [-0.15, -0.1) is 0 Å². The van der Waals surface area contributed by atoms with Crippen LogP contribution >= 0.6 is 0 Å². The fourth-order valence-corrected chi connectivity index (χ4v) is 0. The Bertz CT molecular complexity index is 94.9. The summed E-state index contributed by atoms with van der Waals surface area (Å²) < 4.78 is 34.5. The molecule has 0 aromatic carbocycles. The third-order valence-corrected chi connectivity index (χ3v) is 0. The summed E-state index contributed by atoms with van der Waals surface area (Å²) in [6.45, 7) is 0. The standard InChI is InChI=1S/Ca.Mo.H2O4Te/c;;1-5(2,3)4/h;;(H2,1,2,3,4)/q+2;;/p-2. The smallest absolute Gasteiger partial charge is 0 e. The first-order valence-corrected chi connectivity index (χ1v) is 4.47. The molecular weight excluding hydrogens is 328 g/mol. The fourth-order valence-electron chi connectivity index (χ4n) is 0. The molecule has 4 nitrogen and oxygen atoms in total. The molecule has 0 spiro atoms. The van der Waals surface area contributed by atoms with Gasteiger partial charge in [0.05, 0.1) is 0 Å². The molecule has 0 unspecified atom stereocenters. The van der Waals surface area contributed by atoms with Crippen molar-refractivity contribution in [2.24, 2.45) is 0 Å². The molecule has 0 aromatic rings. The summed E-state index contributed by atoms with van der Waals surface area (Å²) in [5.74, 6) is 0. The largest absolute Gasteiger partial charge is 2.00 e. The molecule has 0 aromatic heterocycles. The SMILES string of the molecule is O=[Te](=O)([O-])[O-].[Ca+2].[Mo]. The first-order valence-electron chi connectivity index (χ1n) is 0.667. The van der Waals surface area contributed by atoms with E-state index in [1.807, 2.05) is 0 Å². The van der Waals surface area contributed by atoms with Gasteiger partial charge in [0, 0.05) is 21.1 Å². The summed E-state index contributed by atoms with van der Waals surface area (Å²) in [6.07, 6.45) is 0. The van der Waals surface area contributed by atoms with E-state index in [0.717, 1.165) is 0 Å². The number of hydrogen-bond acceptors (Lipinski definition) is 4. The van der Waals surface area contributed by atoms with E-state index in [1.165, 1.54) is 0 Å². The first-order chi connectivity index (χ1) is 2.00. The van der Waals surface area contributed by atoms with Gasteiger partial charge in [-0.25, -0.2) is 0 Å². The Balaban J connectivity index is -0.0000000800. The maximum Gasteiger partial charge on any atom is 2.00 e. The quantitative estimate of drug-likeness (QED) is 0.435. The normalized spacial score (nSPS) is 8.29. The fraction of sp³-hybridized carbons (Fsp3) is 0. The average Bonchev–Trinajstić information content (AvgIpc) is 0.722. The zero-order valence-electron chi connectivity index (χ0n) is 3.16. The van der Waals surface area contributed by atoms with Crippen LogP contribution in [-0.4, -0.2) is 56.7 Å². The van der Waals surface area contributed by atoms with Gasteiger partial charge in [0.15, 0.2) is 0 Å². The molecule has 7 heteroatoms. The summed E-state index contributed by atoms with van der Waals surface area (Å²) in [5, 5.41) is 0. The molecule has 0 aliphatic rings. The molecule has 38 valence electrons. The van der Waals surface area contributed by atoms with Gasteiger partial charge in [0.25, 0.3) is 0 Å². The second kappa shape index (κ2) is 6.38. The summed E-state index contributed by atoms with van der Waals surface area (Å²) in [5.41, 5.74) is 0. The molecular formula is CaMoO4Te. The minimum absolute atomic E-state index is 0. The molecule has 0 amide bonds. The minimum Gasteiger partial charge on any atom is 0 e. The van der Waals surface area contributed by atoms with Crippen LogP contribution in [-0.2, 0) is 27.3 Å². The monoisotopic (exact) mass is 332 g/mol. The Morgan fingerprint density at radius 2 is 1.14 bits per heavy atom. The molecule has 0 aliphatic heterocycles. The van der Waals surface area contributed by atoms with Crippen LogP contribution in [0.5, 0.6) is 0 Å². The van der Waals surface area contributed by atoms with Gasteiger partial charge >= 0.3 is 69.9 Å². The molecule has 0 N–H and O–H groups in total. The van der Waals surface area contributed by atoms with E-state index in [0.29, 0.717) is 0 Å². The average molecular weight is 328 g/mol. The second-order valence-electron chi connectivity index (χ2n) is 0.408. The van der Waals surface area contributed by atoms with E-state index in [2.05, 4.69) is 0 Å². The third-order valence-electron chi connectivity index (χ3n) is 0. The third kappa shape index (κ3) is 63.4. The summed E-state index contributed by atoms with van der Waals surface area (Å²) in [6, 6.07) is 0. The van der Waals surface area contributed by atoms with E-state index in [4.69, 9.17) is 13.2 Å². The summed E-state index contributed by atoms with van der Waals surface area (Å²) in [4.78, 5) is 0. The zero-order chi connectivity index (χ0) is 4.50. The summed E-state index contributed by atoms with van der Waals surface area (Å²) in [7, 11) is 0. The van der Waals surface area contributed by atoms with E-state index in [1.54, 1.807) is 0 Å². The van der Waals surface area contributed by atoms with Crippen LogP contribution in [0.2, 0.25) is 0 Å². The molecule has 0 rings (SSSR count). The summed E-state index contributed by atoms with van der Waals surface area (Å²) >= 11 is -6.02. The molecule has 0 fully saturated rings. The maximum atomic E-state index is 8.63. The van der Waals surface area contributed by atoms with E-state index in [-0.39, 0.29) is 58.8 Å². The van der Waals surface area contributed by atoms with Crippen LogP contribution < -0.4 is 6.94 Å². The molecule has 0 aliphatic carbocycles. The van der Waals surface area contributed by atoms with Crippen molar-refractivity contribution in [1.82, 2.24) is 0 Å². The van der Waals surface area contributed by atoms with Gasteiger partial charge in [-0.2, -0.15) is 0 Å². The van der Waals surface area contributed by atoms with E-state index < -0.39 is 19.0 Å². The van der Waals surface area contributed by atoms with Crippen LogP contribution in [0.3, 0.4) is 0 Å². The predicted octanol–water partition coefficient (Wildman–Crippen LogP) is -3.38. The topological polar surface area (TPSA) is 80.3 Å². The van der Waals surface area contributed by atoms with Crippen molar-refractivity contribution in [3.05, 3.63) is 0 Å². The van der Waals surface area contributed by atoms with Crippen molar-refractivity contribution in [3.63, 3.8) is 0 Å². The maximum absolute atomic E-state index is 8.63. The molecule has 0 saturated carbocycles. The van der Waals surface area contributed by atoms with Crippen molar-refractivity contribution in [2.45, 2.75) is 0 Å². The Morgan fingerprint density at radius 3 is 1.14 bits per heavy atom. The van der Waals surface area contributed by atoms with Gasteiger partial charge in [-0.1, -0.05) is 0 Å². The van der Waals surface area contributed by atoms with Crippen LogP contribution in [0, 0.1) is 0 Å². The molecule has 0 heterocycles. The Kier molecular flexibility index (Phi) is 14.7. The zero-order valence-corrected chi connectivity index (χ0v) is 9.70. The van der Waals surface area contributed by atoms with Crippen molar-refractivity contribution in [3.8, 4) is 0 Å². The van der Waals surface area contributed by atoms with Gasteiger partial charge in [-0.3, -0.25) is 0 Å². The van der Waals surface area contributed by atoms with Crippen molar-refractivity contribution in [1.29, 1.82) is 0 Å². The molecule has 0 atom stereocenters. The Morgan fingerprint density at radius 1 is 1.14 bits per heavy atom. The minimum atomic E-state index is -6.02. The Labute approximate surface area is 89.2 Å². The second-order valence-corrected chi connectivity index (χ2v) is 2.74. The molecule has 0 bridgehead atoms. The number of hydrogen-bond donors (Lipinski definition) is 0. The number of rotatable bonds is 0. The predicted molar refractivity (Wildman–Crippen MR) is 12.9 cm³/mol. The molecule has 7 heavy (non-hydrogen) atoms. The van der Waals surface area contributed by atoms with Crippen molar-refractivity contribution < 1.29 is 34.2 Å². The van der Waals surface area contributed by atoms with E-state index >= 15 is 0 Å². The Hall–Kier alpha value is 2.26. The van der Waals surface area contributed by atoms with Gasteiger partial charge < -0.3 is 0 Å². The molecule has 0 saturated heterocycles. The van der Waals surface area contributed by atoms with Crippen molar-refractivity contribution >= 4 is 56.7 Å². The van der Waals surface area contributed by atoms with Gasteiger partial charge in [0.2, 0.25) is 0 Å². The van der Waals surface area contributed by atoms with Crippen LogP contribution in [0.4, 0.5) is 0 Å². The molecule has 0 radical (unpaired) electrons. The van der Waals surface area contributed by atoms with Crippen LogP contribution in [0.25, 0.3) is 0 Å². The van der Waals surface area contributed by atoms with Gasteiger partial charge in [0.1, 0.15) is 0 Å². The van der Waals surface area contributed by atoms with E-state index in [9.17, 15) is 0 Å². The van der Waals surface area contributed by atoms with Gasteiger partial charge in [-0.05, 0) is 0 Å².